The van der Waals surface area contributed by atoms with E-state index in [0.29, 0.717) is 111 Å². The second-order valence-electron chi connectivity index (χ2n) is 13.1. The van der Waals surface area contributed by atoms with Crippen LogP contribution in [-0.2, 0) is 42.8 Å². The van der Waals surface area contributed by atoms with Crippen LogP contribution in [0.4, 0.5) is 0 Å². The molecule has 2 aliphatic heterocycles. The van der Waals surface area contributed by atoms with Gasteiger partial charge in [0, 0.05) is 84.4 Å². The largest absolute Gasteiger partial charge is 0.528 e. The average Bonchev–Trinajstić information content (AvgIpc) is 3.07. The second kappa shape index (κ2) is 27.3. The smallest absolute Gasteiger partial charge is 0.264 e. The molecule has 0 saturated carbocycles. The van der Waals surface area contributed by atoms with Crippen LogP contribution < -0.4 is 10.6 Å². The van der Waals surface area contributed by atoms with E-state index in [9.17, 15) is 19.6 Å². The van der Waals surface area contributed by atoms with Gasteiger partial charge in [-0.25, -0.2) is 0 Å². The summed E-state index contributed by atoms with van der Waals surface area (Å²) < 4.78 is 32.7. The Labute approximate surface area is 323 Å². The van der Waals surface area contributed by atoms with Crippen molar-refractivity contribution in [3.8, 4) is 6.07 Å². The van der Waals surface area contributed by atoms with Gasteiger partial charge in [0.1, 0.15) is 11.6 Å². The van der Waals surface area contributed by atoms with Crippen LogP contribution in [0.1, 0.15) is 34.1 Å². The van der Waals surface area contributed by atoms with E-state index in [4.69, 9.17) is 28.4 Å². The van der Waals surface area contributed by atoms with Crippen LogP contribution >= 0.6 is 0 Å². The number of likely N-dealkylation sites (tertiary alicyclic amines) is 1. The summed E-state index contributed by atoms with van der Waals surface area (Å²) in [4.78, 5) is 40.7. The molecule has 0 spiro atoms. The van der Waals surface area contributed by atoms with Gasteiger partial charge in [-0.1, -0.05) is 33.8 Å². The van der Waals surface area contributed by atoms with Gasteiger partial charge in [0.25, 0.3) is 5.91 Å². The topological polar surface area (TPSA) is 161 Å². The molecule has 2 N–H and O–H groups in total. The number of morpholine rings is 1. The minimum absolute atomic E-state index is 0. The van der Waals surface area contributed by atoms with E-state index in [1.54, 1.807) is 17.4 Å². The summed E-state index contributed by atoms with van der Waals surface area (Å²) in [6.45, 7) is 17.9. The van der Waals surface area contributed by atoms with Crippen LogP contribution in [0.3, 0.4) is 0 Å². The molecule has 15 heteroatoms. The van der Waals surface area contributed by atoms with Crippen molar-refractivity contribution < 1.29 is 81.4 Å². The molecule has 49 heavy (non-hydrogen) atoms. The Morgan fingerprint density at radius 2 is 1.45 bits per heavy atom. The predicted molar refractivity (Wildman–Crippen MR) is 179 cm³/mol. The standard InChI is InChI=1S/C34H58N5O9.Tb/c1-28(2)29-21-30(25-39(24-29)33(42)31(23-35)22-34(3,4)26-38-7-11-45-12-8-38)32(41)37-6-10-44-14-16-47-18-20-48-19-17-46-15-13-43-9-5-36-27-40;/h22,28-30H,5-21,24-26H2,1-4H3,(H,36,40)(H,37,41);/q-1;/b31-22+;. The third-order valence-electron chi connectivity index (χ3n) is 8.18. The van der Waals surface area contributed by atoms with E-state index < -0.39 is 0 Å². The molecule has 0 aromatic carbocycles. The van der Waals surface area contributed by atoms with Gasteiger partial charge < -0.3 is 48.7 Å². The monoisotopic (exact) mass is 839 g/mol. The third-order valence-corrected chi connectivity index (χ3v) is 8.18. The SMILES string of the molecule is CC(C)C1CC(C(=O)NCCOCCOCCOCCOCCOCCN[C-]=O)CN(C(=O)/C(C#N)=C/C(C)(C)CN2CCOCC2)C1.[Tb]. The number of hydrogen-bond donors (Lipinski definition) is 2. The number of nitriles is 1. The van der Waals surface area contributed by atoms with Gasteiger partial charge >= 0.3 is 0 Å². The summed E-state index contributed by atoms with van der Waals surface area (Å²) >= 11 is 0. The van der Waals surface area contributed by atoms with Gasteiger partial charge in [-0.2, -0.15) is 11.7 Å². The number of ether oxygens (including phenoxy) is 6. The zero-order valence-corrected chi connectivity index (χ0v) is 31.9. The molecule has 283 valence electrons. The van der Waals surface area contributed by atoms with E-state index >= 15 is 0 Å². The maximum atomic E-state index is 13.6. The van der Waals surface area contributed by atoms with Gasteiger partial charge in [0.05, 0.1) is 85.2 Å². The van der Waals surface area contributed by atoms with E-state index in [-0.39, 0.29) is 79.8 Å². The summed E-state index contributed by atoms with van der Waals surface area (Å²) in [5.74, 6) is -0.313. The molecule has 2 atom stereocenters. The quantitative estimate of drug-likeness (QED) is 0.0440. The normalized spacial score (nSPS) is 18.9. The van der Waals surface area contributed by atoms with Gasteiger partial charge in [0.2, 0.25) is 5.91 Å². The first-order valence-corrected chi connectivity index (χ1v) is 17.2. The number of amides is 3. The Bertz CT molecular complexity index is 1010. The Morgan fingerprint density at radius 3 is 1.96 bits per heavy atom. The zero-order valence-electron chi connectivity index (χ0n) is 29.8. The maximum Gasteiger partial charge on any atom is 0.264 e. The molecule has 3 amide bonds. The number of carbonyl (C=O) groups excluding carboxylic acids is 3. The molecule has 2 fully saturated rings. The Kier molecular flexibility index (Phi) is 25.5. The van der Waals surface area contributed by atoms with Crippen molar-refractivity contribution in [2.45, 2.75) is 34.1 Å². The Morgan fingerprint density at radius 1 is 0.918 bits per heavy atom. The average molecular weight is 840 g/mol. The summed E-state index contributed by atoms with van der Waals surface area (Å²) in [5, 5.41) is 15.3. The van der Waals surface area contributed by atoms with E-state index in [1.807, 2.05) is 13.8 Å². The van der Waals surface area contributed by atoms with Crippen molar-refractivity contribution in [2.24, 2.45) is 23.2 Å². The number of nitrogens with zero attached hydrogens (tertiary/aromatic N) is 3. The van der Waals surface area contributed by atoms with Crippen molar-refractivity contribution in [1.82, 2.24) is 20.4 Å². The van der Waals surface area contributed by atoms with Crippen LogP contribution in [0, 0.1) is 73.1 Å². The van der Waals surface area contributed by atoms with Crippen molar-refractivity contribution >= 4 is 18.2 Å². The van der Waals surface area contributed by atoms with Crippen LogP contribution in [-0.4, -0.2) is 153 Å². The second-order valence-corrected chi connectivity index (χ2v) is 13.1. The van der Waals surface area contributed by atoms with Crippen LogP contribution in [0.15, 0.2) is 11.6 Å². The van der Waals surface area contributed by atoms with Gasteiger partial charge in [0.15, 0.2) is 0 Å². The minimum atomic E-state index is -0.370. The first-order valence-electron chi connectivity index (χ1n) is 17.2. The molecule has 0 aromatic rings. The first-order chi connectivity index (χ1) is 23.2. The number of carbonyl (C=O) groups is 2. The molecule has 2 rings (SSSR count). The molecular formula is C34H58N5O9Tb-. The molecule has 2 unspecified atom stereocenters. The van der Waals surface area contributed by atoms with Crippen molar-refractivity contribution in [3.05, 3.63) is 11.6 Å². The summed E-state index contributed by atoms with van der Waals surface area (Å²) in [5.41, 5.74) is -0.239. The van der Waals surface area contributed by atoms with Gasteiger partial charge in [-0.3, -0.25) is 14.5 Å². The van der Waals surface area contributed by atoms with E-state index in [2.05, 4.69) is 35.5 Å². The van der Waals surface area contributed by atoms with Crippen LogP contribution in [0.5, 0.6) is 0 Å². The third kappa shape index (κ3) is 20.3. The summed E-state index contributed by atoms with van der Waals surface area (Å²) in [6.07, 6.45) is 4.07. The number of hydrogen-bond acceptors (Lipinski definition) is 11. The first kappa shape index (κ1) is 45.7. The van der Waals surface area contributed by atoms with Crippen molar-refractivity contribution in [1.29, 1.82) is 5.26 Å². The molecule has 2 aliphatic rings. The zero-order chi connectivity index (χ0) is 35.0. The Hall–Kier alpha value is -1.35. The minimum Gasteiger partial charge on any atom is -0.528 e. The predicted octanol–water partition coefficient (Wildman–Crippen LogP) is 0.771. The van der Waals surface area contributed by atoms with Crippen LogP contribution in [0.25, 0.3) is 0 Å². The summed E-state index contributed by atoms with van der Waals surface area (Å²) in [6, 6.07) is 2.14. The Balaban J connectivity index is 0.0000120. The molecule has 0 aliphatic carbocycles. The number of rotatable bonds is 25. The number of piperidine rings is 1. The van der Waals surface area contributed by atoms with Gasteiger partial charge in [-0.05, 0) is 23.7 Å². The van der Waals surface area contributed by atoms with E-state index in [1.165, 1.54) is 0 Å². The fourth-order valence-electron chi connectivity index (χ4n) is 5.61. The molecule has 2 saturated heterocycles. The van der Waals surface area contributed by atoms with Crippen LogP contribution in [0.2, 0.25) is 0 Å². The van der Waals surface area contributed by atoms with Crippen molar-refractivity contribution in [2.75, 3.05) is 125 Å². The molecule has 0 aromatic heterocycles. The molecule has 14 nitrogen and oxygen atoms in total. The molecule has 2 heterocycles. The van der Waals surface area contributed by atoms with Gasteiger partial charge in [-0.15, -0.1) is 0 Å². The fraction of sp³-hybridized carbons (Fsp3) is 0.824. The molecule has 0 bridgehead atoms. The summed E-state index contributed by atoms with van der Waals surface area (Å²) in [7, 11) is 0. The molecule has 1 radical (unpaired) electrons. The van der Waals surface area contributed by atoms with Crippen molar-refractivity contribution in [3.63, 3.8) is 0 Å². The fourth-order valence-corrected chi connectivity index (χ4v) is 5.61. The van der Waals surface area contributed by atoms with E-state index in [0.717, 1.165) is 19.6 Å². The maximum absolute atomic E-state index is 13.6. The molecular weight excluding hydrogens is 781 g/mol. The number of nitrogens with one attached hydrogen (secondary N) is 2.